The quantitative estimate of drug-likeness (QED) is 0.768. The third-order valence-electron chi connectivity index (χ3n) is 5.84. The SMILES string of the molecule is COc1ccc(C2CC(=O)N(c3ccccc3C)C3=C2C(=O)CCC3)cc1OC. The van der Waals surface area contributed by atoms with Gasteiger partial charge >= 0.3 is 0 Å². The molecule has 1 aliphatic heterocycles. The number of Topliss-reactive ketones (excluding diaryl/α,β-unsaturated/α-hetero) is 1. The van der Waals surface area contributed by atoms with Crippen molar-refractivity contribution in [1.82, 2.24) is 0 Å². The highest BCUT2D eigenvalue weighted by molar-refractivity contribution is 6.07. The second-order valence-corrected chi connectivity index (χ2v) is 7.52. The van der Waals surface area contributed by atoms with Crippen molar-refractivity contribution in [1.29, 1.82) is 0 Å². The minimum Gasteiger partial charge on any atom is -0.493 e. The fourth-order valence-electron chi connectivity index (χ4n) is 4.44. The highest BCUT2D eigenvalue weighted by atomic mass is 16.5. The fraction of sp³-hybridized carbons (Fsp3) is 0.333. The van der Waals surface area contributed by atoms with Crippen LogP contribution in [0.1, 0.15) is 42.7 Å². The predicted octanol–water partition coefficient (Wildman–Crippen LogP) is 4.54. The van der Waals surface area contributed by atoms with Crippen LogP contribution in [0, 0.1) is 6.92 Å². The lowest BCUT2D eigenvalue weighted by atomic mass is 9.77. The van der Waals surface area contributed by atoms with Crippen LogP contribution in [0.15, 0.2) is 53.7 Å². The molecule has 0 aromatic heterocycles. The molecule has 1 aliphatic carbocycles. The number of carbonyl (C=O) groups excluding carboxylic acids is 2. The number of amides is 1. The van der Waals surface area contributed by atoms with E-state index < -0.39 is 0 Å². The third-order valence-corrected chi connectivity index (χ3v) is 5.84. The van der Waals surface area contributed by atoms with Gasteiger partial charge in [0, 0.05) is 30.0 Å². The molecule has 1 heterocycles. The van der Waals surface area contributed by atoms with Gasteiger partial charge in [-0.25, -0.2) is 0 Å². The molecule has 1 amide bonds. The summed E-state index contributed by atoms with van der Waals surface area (Å²) in [4.78, 5) is 28.1. The van der Waals surface area contributed by atoms with Gasteiger partial charge in [0.15, 0.2) is 17.3 Å². The highest BCUT2D eigenvalue weighted by Crippen LogP contribution is 2.45. The van der Waals surface area contributed by atoms with E-state index in [1.165, 1.54) is 0 Å². The zero-order chi connectivity index (χ0) is 20.5. The molecule has 0 radical (unpaired) electrons. The largest absolute Gasteiger partial charge is 0.493 e. The van der Waals surface area contributed by atoms with E-state index in [0.29, 0.717) is 17.9 Å². The maximum absolute atomic E-state index is 13.3. The van der Waals surface area contributed by atoms with Crippen molar-refractivity contribution >= 4 is 17.4 Å². The molecular formula is C24H25NO4. The molecule has 2 aliphatic rings. The smallest absolute Gasteiger partial charge is 0.232 e. The Morgan fingerprint density at radius 1 is 0.966 bits per heavy atom. The van der Waals surface area contributed by atoms with E-state index in [2.05, 4.69) is 0 Å². The van der Waals surface area contributed by atoms with Crippen molar-refractivity contribution in [3.8, 4) is 11.5 Å². The molecule has 0 N–H and O–H groups in total. The van der Waals surface area contributed by atoms with Crippen LogP contribution >= 0.6 is 0 Å². The number of carbonyl (C=O) groups is 2. The van der Waals surface area contributed by atoms with Crippen LogP contribution < -0.4 is 14.4 Å². The number of methoxy groups -OCH3 is 2. The monoisotopic (exact) mass is 391 g/mol. The molecule has 4 rings (SSSR count). The molecule has 0 spiro atoms. The summed E-state index contributed by atoms with van der Waals surface area (Å²) >= 11 is 0. The van der Waals surface area contributed by atoms with Gasteiger partial charge in [-0.05, 0) is 49.1 Å². The van der Waals surface area contributed by atoms with Gasteiger partial charge in [0.25, 0.3) is 0 Å². The Labute approximate surface area is 170 Å². The molecule has 29 heavy (non-hydrogen) atoms. The van der Waals surface area contributed by atoms with Gasteiger partial charge in [0.1, 0.15) is 0 Å². The molecule has 1 atom stereocenters. The molecule has 5 nitrogen and oxygen atoms in total. The van der Waals surface area contributed by atoms with Crippen molar-refractivity contribution in [2.24, 2.45) is 0 Å². The van der Waals surface area contributed by atoms with Crippen LogP contribution in [0.25, 0.3) is 0 Å². The van der Waals surface area contributed by atoms with Gasteiger partial charge in [-0.2, -0.15) is 0 Å². The summed E-state index contributed by atoms with van der Waals surface area (Å²) in [6, 6.07) is 13.5. The summed E-state index contributed by atoms with van der Waals surface area (Å²) in [5.74, 6) is 1.13. The number of hydrogen-bond donors (Lipinski definition) is 0. The van der Waals surface area contributed by atoms with E-state index in [0.717, 1.165) is 40.9 Å². The number of para-hydroxylation sites is 1. The van der Waals surface area contributed by atoms with E-state index in [1.807, 2.05) is 49.4 Å². The topological polar surface area (TPSA) is 55.8 Å². The van der Waals surface area contributed by atoms with Crippen LogP contribution in [0.2, 0.25) is 0 Å². The number of hydrogen-bond acceptors (Lipinski definition) is 4. The number of nitrogens with zero attached hydrogens (tertiary/aromatic N) is 1. The Hall–Kier alpha value is -3.08. The molecule has 2 aromatic carbocycles. The average molecular weight is 391 g/mol. The molecule has 5 heteroatoms. The van der Waals surface area contributed by atoms with Crippen molar-refractivity contribution in [3.05, 3.63) is 64.9 Å². The maximum Gasteiger partial charge on any atom is 0.232 e. The molecular weight excluding hydrogens is 366 g/mol. The summed E-state index contributed by atoms with van der Waals surface area (Å²) in [5.41, 5.74) is 4.42. The van der Waals surface area contributed by atoms with E-state index in [4.69, 9.17) is 9.47 Å². The minimum atomic E-state index is -0.259. The van der Waals surface area contributed by atoms with E-state index in [1.54, 1.807) is 19.1 Å². The first kappa shape index (κ1) is 19.2. The van der Waals surface area contributed by atoms with Gasteiger partial charge in [-0.1, -0.05) is 24.3 Å². The summed E-state index contributed by atoms with van der Waals surface area (Å²) in [6.45, 7) is 1.99. The predicted molar refractivity (Wildman–Crippen MR) is 111 cm³/mol. The van der Waals surface area contributed by atoms with Gasteiger partial charge < -0.3 is 9.47 Å². The van der Waals surface area contributed by atoms with Crippen LogP contribution in [0.5, 0.6) is 11.5 Å². The number of rotatable bonds is 4. The first-order chi connectivity index (χ1) is 14.0. The third kappa shape index (κ3) is 3.31. The van der Waals surface area contributed by atoms with Gasteiger partial charge in [0.2, 0.25) is 5.91 Å². The number of benzene rings is 2. The second kappa shape index (κ2) is 7.74. The molecule has 0 saturated heterocycles. The highest BCUT2D eigenvalue weighted by Gasteiger charge is 2.40. The summed E-state index contributed by atoms with van der Waals surface area (Å²) in [5, 5.41) is 0. The Morgan fingerprint density at radius 3 is 2.45 bits per heavy atom. The number of allylic oxidation sites excluding steroid dienone is 2. The van der Waals surface area contributed by atoms with Crippen LogP contribution in [-0.4, -0.2) is 25.9 Å². The van der Waals surface area contributed by atoms with Crippen molar-refractivity contribution < 1.29 is 19.1 Å². The Morgan fingerprint density at radius 2 is 1.72 bits per heavy atom. The molecule has 0 saturated carbocycles. The number of aryl methyl sites for hydroxylation is 1. The van der Waals surface area contributed by atoms with Crippen molar-refractivity contribution in [3.63, 3.8) is 0 Å². The Kier molecular flexibility index (Phi) is 5.14. The molecule has 1 unspecified atom stereocenters. The minimum absolute atomic E-state index is 0.0209. The average Bonchev–Trinajstić information content (AvgIpc) is 2.73. The van der Waals surface area contributed by atoms with Gasteiger partial charge in [0.05, 0.1) is 19.9 Å². The maximum atomic E-state index is 13.3. The summed E-state index contributed by atoms with van der Waals surface area (Å²) < 4.78 is 10.8. The molecule has 2 aromatic rings. The van der Waals surface area contributed by atoms with Crippen LogP contribution in [-0.2, 0) is 9.59 Å². The van der Waals surface area contributed by atoms with Crippen LogP contribution in [0.4, 0.5) is 5.69 Å². The zero-order valence-corrected chi connectivity index (χ0v) is 17.0. The lowest BCUT2D eigenvalue weighted by molar-refractivity contribution is -0.119. The van der Waals surface area contributed by atoms with Crippen LogP contribution in [0.3, 0.4) is 0 Å². The molecule has 0 fully saturated rings. The first-order valence-corrected chi connectivity index (χ1v) is 9.92. The molecule has 0 bridgehead atoms. The second-order valence-electron chi connectivity index (χ2n) is 7.52. The van der Waals surface area contributed by atoms with Gasteiger partial charge in [-0.15, -0.1) is 0 Å². The lowest BCUT2D eigenvalue weighted by Gasteiger charge is -2.39. The fourth-order valence-corrected chi connectivity index (χ4v) is 4.44. The Bertz CT molecular complexity index is 1010. The number of anilines is 1. The standard InChI is InChI=1S/C24H25NO4/c1-15-7-4-5-8-18(15)25-19-9-6-10-20(26)24(19)17(14-23(25)27)16-11-12-21(28-2)22(13-16)29-3/h4-5,7-8,11-13,17H,6,9-10,14H2,1-3H3. The Balaban J connectivity index is 1.86. The lowest BCUT2D eigenvalue weighted by Crippen LogP contribution is -2.40. The molecule has 150 valence electrons. The van der Waals surface area contributed by atoms with Crippen molar-refractivity contribution in [2.75, 3.05) is 19.1 Å². The van der Waals surface area contributed by atoms with E-state index >= 15 is 0 Å². The van der Waals surface area contributed by atoms with E-state index in [-0.39, 0.29) is 24.0 Å². The van der Waals surface area contributed by atoms with Gasteiger partial charge in [-0.3, -0.25) is 14.5 Å². The normalized spacial score (nSPS) is 19.3. The van der Waals surface area contributed by atoms with E-state index in [9.17, 15) is 9.59 Å². The summed E-state index contributed by atoms with van der Waals surface area (Å²) in [7, 11) is 3.18. The number of ether oxygens (including phenoxy) is 2. The number of ketones is 1. The first-order valence-electron chi connectivity index (χ1n) is 9.92. The summed E-state index contributed by atoms with van der Waals surface area (Å²) in [6.07, 6.45) is 2.28. The van der Waals surface area contributed by atoms with Crippen molar-refractivity contribution in [2.45, 2.75) is 38.5 Å². The zero-order valence-electron chi connectivity index (χ0n) is 17.0.